The van der Waals surface area contributed by atoms with Crippen molar-refractivity contribution in [3.05, 3.63) is 188 Å². The van der Waals surface area contributed by atoms with E-state index >= 15 is 0 Å². The average molecular weight is 718 g/mol. The first kappa shape index (κ1) is 31.9. The number of nitrogens with zero attached hydrogens (tertiary/aromatic N) is 3. The third kappa shape index (κ3) is 5.53. The number of para-hydroxylation sites is 2. The standard InChI is InChI=1S/C51H31N3O2/c1-3-11-32(12-4-1)36-15-9-16-37(29-36)38-25-27-42-43-28-26-39(31-47(43)55-46(42)30-38)51-53-49(34-13-5-2-6-14-34)52-50(54-51)35-23-21-33(22-24-35)40-18-10-19-44-41-17-7-8-20-45(41)56-48(40)44/h1-31H. The summed E-state index contributed by atoms with van der Waals surface area (Å²) in [6, 6.07) is 64.6. The highest BCUT2D eigenvalue weighted by atomic mass is 16.3. The monoisotopic (exact) mass is 717 g/mol. The topological polar surface area (TPSA) is 65.0 Å². The Hall–Kier alpha value is -7.63. The SMILES string of the molecule is c1ccc(-c2cccc(-c3ccc4c(c3)oc3cc(-c5nc(-c6ccccc6)nc(-c6ccc(-c7cccc8c7oc7ccccc78)cc6)n5)ccc34)c2)cc1. The van der Waals surface area contributed by atoms with Gasteiger partial charge >= 0.3 is 0 Å². The molecule has 0 bridgehead atoms. The first-order valence-corrected chi connectivity index (χ1v) is 18.7. The van der Waals surface area contributed by atoms with Crippen molar-refractivity contribution in [2.24, 2.45) is 0 Å². The molecule has 56 heavy (non-hydrogen) atoms. The molecule has 0 aliphatic carbocycles. The van der Waals surface area contributed by atoms with Crippen molar-refractivity contribution in [2.45, 2.75) is 0 Å². The molecule has 8 aromatic carbocycles. The van der Waals surface area contributed by atoms with E-state index in [-0.39, 0.29) is 0 Å². The van der Waals surface area contributed by atoms with Crippen LogP contribution in [0.4, 0.5) is 0 Å². The van der Waals surface area contributed by atoms with Gasteiger partial charge in [-0.15, -0.1) is 0 Å². The van der Waals surface area contributed by atoms with Crippen LogP contribution in [-0.4, -0.2) is 15.0 Å². The second-order valence-electron chi connectivity index (χ2n) is 14.0. The van der Waals surface area contributed by atoms with Crippen molar-refractivity contribution in [3.63, 3.8) is 0 Å². The van der Waals surface area contributed by atoms with Gasteiger partial charge in [0.2, 0.25) is 0 Å². The van der Waals surface area contributed by atoms with Gasteiger partial charge in [0.25, 0.3) is 0 Å². The molecule has 5 heteroatoms. The third-order valence-electron chi connectivity index (χ3n) is 10.6. The van der Waals surface area contributed by atoms with E-state index in [0.717, 1.165) is 82.8 Å². The summed E-state index contributed by atoms with van der Waals surface area (Å²) in [5, 5.41) is 4.32. The van der Waals surface area contributed by atoms with Gasteiger partial charge in [-0.1, -0.05) is 152 Å². The van der Waals surface area contributed by atoms with E-state index in [0.29, 0.717) is 17.5 Å². The van der Waals surface area contributed by atoms with Crippen molar-refractivity contribution in [1.29, 1.82) is 0 Å². The highest BCUT2D eigenvalue weighted by Gasteiger charge is 2.17. The summed E-state index contributed by atoms with van der Waals surface area (Å²) in [5.41, 5.74) is 12.7. The van der Waals surface area contributed by atoms with Crippen LogP contribution in [0.5, 0.6) is 0 Å². The predicted molar refractivity (Wildman–Crippen MR) is 227 cm³/mol. The van der Waals surface area contributed by atoms with Crippen LogP contribution >= 0.6 is 0 Å². The lowest BCUT2D eigenvalue weighted by Gasteiger charge is -2.09. The Balaban J connectivity index is 0.971. The van der Waals surface area contributed by atoms with Crippen LogP contribution in [0.15, 0.2) is 197 Å². The molecule has 0 saturated heterocycles. The maximum Gasteiger partial charge on any atom is 0.164 e. The minimum atomic E-state index is 0.575. The van der Waals surface area contributed by atoms with Gasteiger partial charge in [0.05, 0.1) is 0 Å². The molecule has 0 N–H and O–H groups in total. The van der Waals surface area contributed by atoms with Crippen LogP contribution < -0.4 is 0 Å². The third-order valence-corrected chi connectivity index (χ3v) is 10.6. The minimum Gasteiger partial charge on any atom is -0.456 e. The molecule has 0 atom stereocenters. The Bertz CT molecular complexity index is 3240. The quantitative estimate of drug-likeness (QED) is 0.171. The van der Waals surface area contributed by atoms with Gasteiger partial charge in [-0.05, 0) is 64.2 Å². The molecular formula is C51H31N3O2. The zero-order valence-corrected chi connectivity index (χ0v) is 30.1. The summed E-state index contributed by atoms with van der Waals surface area (Å²) in [7, 11) is 0. The first-order valence-electron chi connectivity index (χ1n) is 18.7. The Labute approximate surface area is 322 Å². The second kappa shape index (κ2) is 13.0. The fourth-order valence-electron chi connectivity index (χ4n) is 7.73. The van der Waals surface area contributed by atoms with Gasteiger partial charge in [0.1, 0.15) is 22.3 Å². The Morgan fingerprint density at radius 1 is 0.268 bits per heavy atom. The summed E-state index contributed by atoms with van der Waals surface area (Å²) < 4.78 is 12.9. The number of rotatable bonds is 6. The highest BCUT2D eigenvalue weighted by molar-refractivity contribution is 6.10. The smallest absolute Gasteiger partial charge is 0.164 e. The maximum absolute atomic E-state index is 6.55. The number of furan rings is 2. The fourth-order valence-corrected chi connectivity index (χ4v) is 7.73. The molecular weight excluding hydrogens is 687 g/mol. The van der Waals surface area contributed by atoms with Crippen molar-refractivity contribution in [3.8, 4) is 67.5 Å². The molecule has 0 saturated carbocycles. The van der Waals surface area contributed by atoms with E-state index in [1.165, 1.54) is 11.1 Å². The number of aromatic nitrogens is 3. The van der Waals surface area contributed by atoms with Gasteiger partial charge in [0, 0.05) is 43.8 Å². The van der Waals surface area contributed by atoms with Gasteiger partial charge in [-0.2, -0.15) is 0 Å². The normalized spacial score (nSPS) is 11.6. The lowest BCUT2D eigenvalue weighted by molar-refractivity contribution is 0.669. The van der Waals surface area contributed by atoms with E-state index in [2.05, 4.69) is 127 Å². The van der Waals surface area contributed by atoms with E-state index < -0.39 is 0 Å². The van der Waals surface area contributed by atoms with E-state index in [4.69, 9.17) is 23.8 Å². The van der Waals surface area contributed by atoms with E-state index in [1.807, 2.05) is 60.7 Å². The summed E-state index contributed by atoms with van der Waals surface area (Å²) in [5.74, 6) is 1.77. The molecule has 0 aliphatic heterocycles. The molecule has 3 heterocycles. The molecule has 0 fully saturated rings. The van der Waals surface area contributed by atoms with Crippen LogP contribution in [0.2, 0.25) is 0 Å². The van der Waals surface area contributed by atoms with Crippen LogP contribution in [-0.2, 0) is 0 Å². The minimum absolute atomic E-state index is 0.575. The van der Waals surface area contributed by atoms with Gasteiger partial charge in [-0.3, -0.25) is 0 Å². The van der Waals surface area contributed by atoms with Crippen molar-refractivity contribution < 1.29 is 8.83 Å². The zero-order chi connectivity index (χ0) is 37.0. The summed E-state index contributed by atoms with van der Waals surface area (Å²) in [6.07, 6.45) is 0. The van der Waals surface area contributed by atoms with Gasteiger partial charge in [0.15, 0.2) is 17.5 Å². The molecule has 0 aliphatic rings. The lowest BCUT2D eigenvalue weighted by atomic mass is 9.98. The second-order valence-corrected chi connectivity index (χ2v) is 14.0. The van der Waals surface area contributed by atoms with E-state index in [9.17, 15) is 0 Å². The first-order chi connectivity index (χ1) is 27.7. The highest BCUT2D eigenvalue weighted by Crippen LogP contribution is 2.38. The Morgan fingerprint density at radius 2 is 0.732 bits per heavy atom. The molecule has 5 nitrogen and oxygen atoms in total. The van der Waals surface area contributed by atoms with Gasteiger partial charge in [-0.25, -0.2) is 15.0 Å². The lowest BCUT2D eigenvalue weighted by Crippen LogP contribution is -2.00. The predicted octanol–water partition coefficient (Wildman–Crippen LogP) is 13.7. The van der Waals surface area contributed by atoms with E-state index in [1.54, 1.807) is 0 Å². The van der Waals surface area contributed by atoms with Crippen LogP contribution in [0, 0.1) is 0 Å². The van der Waals surface area contributed by atoms with Crippen molar-refractivity contribution >= 4 is 43.9 Å². The fraction of sp³-hybridized carbons (Fsp3) is 0. The van der Waals surface area contributed by atoms with Crippen LogP contribution in [0.3, 0.4) is 0 Å². The number of hydrogen-bond donors (Lipinski definition) is 0. The average Bonchev–Trinajstić information content (AvgIpc) is 3.85. The Morgan fingerprint density at radius 3 is 1.46 bits per heavy atom. The number of fused-ring (bicyclic) bond motifs is 6. The molecule has 0 amide bonds. The molecule has 0 unspecified atom stereocenters. The zero-order valence-electron chi connectivity index (χ0n) is 30.1. The molecule has 11 rings (SSSR count). The largest absolute Gasteiger partial charge is 0.456 e. The van der Waals surface area contributed by atoms with Crippen molar-refractivity contribution in [2.75, 3.05) is 0 Å². The van der Waals surface area contributed by atoms with Gasteiger partial charge < -0.3 is 8.83 Å². The summed E-state index contributed by atoms with van der Waals surface area (Å²) in [6.45, 7) is 0. The van der Waals surface area contributed by atoms with Crippen LogP contribution in [0.1, 0.15) is 0 Å². The maximum atomic E-state index is 6.55. The van der Waals surface area contributed by atoms with Crippen molar-refractivity contribution in [1.82, 2.24) is 15.0 Å². The molecule has 0 radical (unpaired) electrons. The molecule has 262 valence electrons. The molecule has 3 aromatic heterocycles. The summed E-state index contributed by atoms with van der Waals surface area (Å²) in [4.78, 5) is 15.0. The number of benzene rings is 8. The van der Waals surface area contributed by atoms with Crippen LogP contribution in [0.25, 0.3) is 111 Å². The molecule has 11 aromatic rings. The molecule has 0 spiro atoms. The number of hydrogen-bond acceptors (Lipinski definition) is 5. The summed E-state index contributed by atoms with van der Waals surface area (Å²) >= 11 is 0. The Kier molecular flexibility index (Phi) is 7.42.